The van der Waals surface area contributed by atoms with Gasteiger partial charge >= 0.3 is 0 Å². The minimum Gasteiger partial charge on any atom is -0.374 e. The van der Waals surface area contributed by atoms with E-state index in [0.717, 1.165) is 43.8 Å². The Morgan fingerprint density at radius 1 is 1.07 bits per heavy atom. The first-order chi connectivity index (χ1) is 14.0. The molecule has 0 N–H and O–H groups in total. The molecule has 1 aliphatic carbocycles. The topological polar surface area (TPSA) is 74.6 Å². The fourth-order valence-corrected chi connectivity index (χ4v) is 5.37. The predicted molar refractivity (Wildman–Crippen MR) is 116 cm³/mol. The standard InChI is InChI=1S/C24H26N4S/c1-24(2)12-21(19(14-25)15-26)22(16-27)23(13-24)28-10-8-20(9-11-28)29-17-18-6-4-3-5-7-18/h3-7,20H,8-13,17H2,1-2H3. The maximum atomic E-state index is 9.84. The molecule has 3 rings (SSSR count). The lowest BCUT2D eigenvalue weighted by Gasteiger charge is -2.41. The maximum Gasteiger partial charge on any atom is 0.134 e. The van der Waals surface area contributed by atoms with Crippen molar-refractivity contribution in [3.8, 4) is 18.2 Å². The van der Waals surface area contributed by atoms with Crippen molar-refractivity contribution in [3.05, 3.63) is 58.3 Å². The highest BCUT2D eigenvalue weighted by molar-refractivity contribution is 7.99. The molecular weight excluding hydrogens is 376 g/mol. The van der Waals surface area contributed by atoms with Gasteiger partial charge in [0, 0.05) is 35.4 Å². The lowest BCUT2D eigenvalue weighted by molar-refractivity contribution is 0.234. The minimum absolute atomic E-state index is 0.0666. The molecule has 0 radical (unpaired) electrons. The van der Waals surface area contributed by atoms with Crippen molar-refractivity contribution in [3.63, 3.8) is 0 Å². The highest BCUT2D eigenvalue weighted by atomic mass is 32.2. The Bertz CT molecular complexity index is 914. The number of piperidine rings is 1. The summed E-state index contributed by atoms with van der Waals surface area (Å²) in [5, 5.41) is 29.2. The summed E-state index contributed by atoms with van der Waals surface area (Å²) < 4.78 is 0. The van der Waals surface area contributed by atoms with Crippen LogP contribution in [-0.4, -0.2) is 23.2 Å². The molecule has 0 amide bonds. The fraction of sp³-hybridized carbons (Fsp3) is 0.458. The van der Waals surface area contributed by atoms with Gasteiger partial charge in [0.15, 0.2) is 0 Å². The van der Waals surface area contributed by atoms with Gasteiger partial charge in [0.2, 0.25) is 0 Å². The quantitative estimate of drug-likeness (QED) is 0.637. The molecule has 29 heavy (non-hydrogen) atoms. The van der Waals surface area contributed by atoms with Gasteiger partial charge in [-0.3, -0.25) is 0 Å². The van der Waals surface area contributed by atoms with E-state index in [1.54, 1.807) is 0 Å². The number of nitriles is 3. The summed E-state index contributed by atoms with van der Waals surface area (Å²) in [5.74, 6) is 1.03. The third-order valence-electron chi connectivity index (χ3n) is 5.68. The molecule has 1 saturated heterocycles. The van der Waals surface area contributed by atoms with Crippen LogP contribution in [-0.2, 0) is 5.75 Å². The van der Waals surface area contributed by atoms with Gasteiger partial charge in [0.25, 0.3) is 0 Å². The Labute approximate surface area is 178 Å². The summed E-state index contributed by atoms with van der Waals surface area (Å²) in [6, 6.07) is 16.9. The number of thioether (sulfide) groups is 1. The second-order valence-electron chi connectivity index (χ2n) is 8.51. The molecule has 148 valence electrons. The van der Waals surface area contributed by atoms with Gasteiger partial charge in [-0.05, 0) is 36.7 Å². The van der Waals surface area contributed by atoms with E-state index in [1.165, 1.54) is 5.56 Å². The summed E-state index contributed by atoms with van der Waals surface area (Å²) in [4.78, 5) is 2.32. The van der Waals surface area contributed by atoms with E-state index in [1.807, 2.05) is 30.0 Å². The summed E-state index contributed by atoms with van der Waals surface area (Å²) in [5.41, 5.74) is 3.58. The number of benzene rings is 1. The monoisotopic (exact) mass is 402 g/mol. The van der Waals surface area contributed by atoms with E-state index < -0.39 is 0 Å². The van der Waals surface area contributed by atoms with E-state index in [9.17, 15) is 15.8 Å². The Kier molecular flexibility index (Phi) is 6.68. The van der Waals surface area contributed by atoms with Gasteiger partial charge in [-0.2, -0.15) is 27.5 Å². The lowest BCUT2D eigenvalue weighted by Crippen LogP contribution is -2.38. The zero-order valence-electron chi connectivity index (χ0n) is 17.1. The molecule has 1 aliphatic heterocycles. The molecule has 1 aromatic rings. The Morgan fingerprint density at radius 2 is 1.72 bits per heavy atom. The number of allylic oxidation sites excluding steroid dienone is 4. The first-order valence-corrected chi connectivity index (χ1v) is 11.1. The average molecular weight is 403 g/mol. The van der Waals surface area contributed by atoms with Crippen molar-refractivity contribution >= 4 is 11.8 Å². The van der Waals surface area contributed by atoms with Gasteiger partial charge in [-0.15, -0.1) is 0 Å². The number of rotatable bonds is 4. The average Bonchev–Trinajstić information content (AvgIpc) is 2.73. The van der Waals surface area contributed by atoms with Crippen LogP contribution < -0.4 is 0 Å². The molecule has 0 saturated carbocycles. The zero-order chi connectivity index (χ0) is 20.9. The first kappa shape index (κ1) is 21.0. The van der Waals surface area contributed by atoms with Crippen LogP contribution in [0.3, 0.4) is 0 Å². The molecule has 4 nitrogen and oxygen atoms in total. The molecule has 0 spiro atoms. The highest BCUT2D eigenvalue weighted by Crippen LogP contribution is 2.44. The van der Waals surface area contributed by atoms with E-state index in [-0.39, 0.29) is 11.0 Å². The normalized spacial score (nSPS) is 19.3. The fourth-order valence-electron chi connectivity index (χ4n) is 4.20. The van der Waals surface area contributed by atoms with Crippen LogP contribution in [0.2, 0.25) is 0 Å². The molecule has 0 bridgehead atoms. The van der Waals surface area contributed by atoms with Crippen molar-refractivity contribution < 1.29 is 0 Å². The second-order valence-corrected chi connectivity index (χ2v) is 9.80. The molecular formula is C24H26N4S. The van der Waals surface area contributed by atoms with Gasteiger partial charge in [0.05, 0.1) is 5.57 Å². The largest absolute Gasteiger partial charge is 0.374 e. The summed E-state index contributed by atoms with van der Waals surface area (Å²) >= 11 is 2.02. The molecule has 1 aromatic carbocycles. The van der Waals surface area contributed by atoms with E-state index in [2.05, 4.69) is 49.1 Å². The van der Waals surface area contributed by atoms with Crippen LogP contribution in [0.1, 0.15) is 45.1 Å². The van der Waals surface area contributed by atoms with E-state index >= 15 is 0 Å². The van der Waals surface area contributed by atoms with Crippen molar-refractivity contribution in [2.24, 2.45) is 5.41 Å². The molecule has 2 aliphatic rings. The van der Waals surface area contributed by atoms with Gasteiger partial charge in [0.1, 0.15) is 23.8 Å². The first-order valence-electron chi connectivity index (χ1n) is 10.0. The SMILES string of the molecule is CC1(C)CC(=C(C#N)C#N)C(C#N)=C(N2CCC(SCc3ccccc3)CC2)C1. The number of nitrogens with zero attached hydrogens (tertiary/aromatic N) is 4. The molecule has 5 heteroatoms. The van der Waals surface area contributed by atoms with Crippen LogP contribution in [0.5, 0.6) is 0 Å². The maximum absolute atomic E-state index is 9.84. The van der Waals surface area contributed by atoms with Crippen LogP contribution in [0.15, 0.2) is 52.7 Å². The zero-order valence-corrected chi connectivity index (χ0v) is 17.9. The lowest BCUT2D eigenvalue weighted by atomic mass is 9.72. The van der Waals surface area contributed by atoms with Crippen LogP contribution >= 0.6 is 11.8 Å². The van der Waals surface area contributed by atoms with Crippen LogP contribution in [0, 0.1) is 39.4 Å². The molecule has 0 aromatic heterocycles. The van der Waals surface area contributed by atoms with Crippen molar-refractivity contribution in [1.82, 2.24) is 4.90 Å². The van der Waals surface area contributed by atoms with Crippen LogP contribution in [0.25, 0.3) is 0 Å². The smallest absolute Gasteiger partial charge is 0.134 e. The Morgan fingerprint density at radius 3 is 2.31 bits per heavy atom. The van der Waals surface area contributed by atoms with Crippen molar-refractivity contribution in [2.45, 2.75) is 50.5 Å². The second kappa shape index (κ2) is 9.21. The Balaban J connectivity index is 1.74. The van der Waals surface area contributed by atoms with Gasteiger partial charge < -0.3 is 4.90 Å². The number of likely N-dealkylation sites (tertiary alicyclic amines) is 1. The summed E-state index contributed by atoms with van der Waals surface area (Å²) in [6.45, 7) is 6.14. The molecule has 1 heterocycles. The van der Waals surface area contributed by atoms with E-state index in [0.29, 0.717) is 22.8 Å². The number of hydrogen-bond donors (Lipinski definition) is 0. The van der Waals surface area contributed by atoms with Gasteiger partial charge in [-0.25, -0.2) is 0 Å². The minimum atomic E-state index is -0.0666. The third kappa shape index (κ3) is 5.03. The molecule has 0 atom stereocenters. The summed E-state index contributed by atoms with van der Waals surface area (Å²) in [7, 11) is 0. The Hall–Kier alpha value is -2.68. The molecule has 1 fully saturated rings. The van der Waals surface area contributed by atoms with Crippen molar-refractivity contribution in [2.75, 3.05) is 13.1 Å². The number of hydrogen-bond acceptors (Lipinski definition) is 5. The summed E-state index contributed by atoms with van der Waals surface area (Å²) in [6.07, 6.45) is 3.58. The van der Waals surface area contributed by atoms with Crippen LogP contribution in [0.4, 0.5) is 0 Å². The van der Waals surface area contributed by atoms with E-state index in [4.69, 9.17) is 0 Å². The third-order valence-corrected chi connectivity index (χ3v) is 7.12. The highest BCUT2D eigenvalue weighted by Gasteiger charge is 2.35. The van der Waals surface area contributed by atoms with Gasteiger partial charge in [-0.1, -0.05) is 44.2 Å². The predicted octanol–water partition coefficient (Wildman–Crippen LogP) is 5.33. The molecule has 0 unspecified atom stereocenters. The van der Waals surface area contributed by atoms with Crippen molar-refractivity contribution in [1.29, 1.82) is 15.8 Å².